The minimum atomic E-state index is -0.0252. The monoisotopic (exact) mass is 306 g/mol. The van der Waals surface area contributed by atoms with Crippen molar-refractivity contribution in [1.82, 2.24) is 4.90 Å². The van der Waals surface area contributed by atoms with Crippen molar-refractivity contribution in [2.75, 3.05) is 38.7 Å². The van der Waals surface area contributed by atoms with E-state index in [0.717, 1.165) is 38.2 Å². The normalized spacial score (nSPS) is 16.6. The number of nitrogens with zero attached hydrogens (tertiary/aromatic N) is 1. The summed E-state index contributed by atoms with van der Waals surface area (Å²) in [6.07, 6.45) is 2.49. The second-order valence-electron chi connectivity index (χ2n) is 5.89. The summed E-state index contributed by atoms with van der Waals surface area (Å²) in [7, 11) is 1.59. The number of carbonyl (C=O) groups excluding carboxylic acids is 1. The van der Waals surface area contributed by atoms with E-state index in [1.807, 2.05) is 18.2 Å². The fraction of sp³-hybridized carbons (Fsp3) is 0.588. The van der Waals surface area contributed by atoms with Gasteiger partial charge in [-0.25, -0.2) is 0 Å². The molecule has 22 heavy (non-hydrogen) atoms. The van der Waals surface area contributed by atoms with Crippen LogP contribution in [0.15, 0.2) is 24.3 Å². The molecule has 1 fully saturated rings. The predicted octanol–water partition coefficient (Wildman–Crippen LogP) is 1.87. The molecule has 1 aliphatic rings. The zero-order valence-corrected chi connectivity index (χ0v) is 13.3. The lowest BCUT2D eigenvalue weighted by Gasteiger charge is -2.31. The SMILES string of the molecule is COCCC(=O)Nc1cccc(CN2CCC(CO)CC2)c1. The minimum absolute atomic E-state index is 0.0252. The van der Waals surface area contributed by atoms with E-state index in [9.17, 15) is 9.90 Å². The van der Waals surface area contributed by atoms with Gasteiger partial charge in [0.15, 0.2) is 0 Å². The lowest BCUT2D eigenvalue weighted by Crippen LogP contribution is -2.34. The van der Waals surface area contributed by atoms with Crippen LogP contribution >= 0.6 is 0 Å². The molecular weight excluding hydrogens is 280 g/mol. The number of piperidine rings is 1. The van der Waals surface area contributed by atoms with Gasteiger partial charge in [-0.2, -0.15) is 0 Å². The summed E-state index contributed by atoms with van der Waals surface area (Å²) in [6, 6.07) is 8.00. The molecule has 2 N–H and O–H groups in total. The van der Waals surface area contributed by atoms with Crippen LogP contribution in [0.3, 0.4) is 0 Å². The standard InChI is InChI=1S/C17H26N2O3/c1-22-10-7-17(21)18-16-4-2-3-15(11-16)12-19-8-5-14(13-20)6-9-19/h2-4,11,14,20H,5-10,12-13H2,1H3,(H,18,21). The first kappa shape index (κ1) is 16.9. The van der Waals surface area contributed by atoms with Crippen LogP contribution in [0.5, 0.6) is 0 Å². The van der Waals surface area contributed by atoms with Gasteiger partial charge >= 0.3 is 0 Å². The maximum Gasteiger partial charge on any atom is 0.226 e. The summed E-state index contributed by atoms with van der Waals surface area (Å²) in [5, 5.41) is 12.1. The Hall–Kier alpha value is -1.43. The topological polar surface area (TPSA) is 61.8 Å². The van der Waals surface area contributed by atoms with Crippen LogP contribution < -0.4 is 5.32 Å². The predicted molar refractivity (Wildman–Crippen MR) is 86.7 cm³/mol. The van der Waals surface area contributed by atoms with Gasteiger partial charge in [-0.05, 0) is 49.5 Å². The highest BCUT2D eigenvalue weighted by atomic mass is 16.5. The van der Waals surface area contributed by atoms with Crippen molar-refractivity contribution in [2.24, 2.45) is 5.92 Å². The molecule has 1 aromatic rings. The second kappa shape index (κ2) is 8.88. The minimum Gasteiger partial charge on any atom is -0.396 e. The van der Waals surface area contributed by atoms with Crippen molar-refractivity contribution in [1.29, 1.82) is 0 Å². The zero-order chi connectivity index (χ0) is 15.8. The molecule has 0 saturated carbocycles. The molecule has 1 saturated heterocycles. The highest BCUT2D eigenvalue weighted by Crippen LogP contribution is 2.19. The molecule has 0 radical (unpaired) electrons. The van der Waals surface area contributed by atoms with Crippen LogP contribution in [0.2, 0.25) is 0 Å². The van der Waals surface area contributed by atoms with Crippen molar-refractivity contribution in [3.8, 4) is 0 Å². The average molecular weight is 306 g/mol. The number of methoxy groups -OCH3 is 1. The Balaban J connectivity index is 1.85. The van der Waals surface area contributed by atoms with Gasteiger partial charge in [-0.1, -0.05) is 12.1 Å². The van der Waals surface area contributed by atoms with Gasteiger partial charge in [0.1, 0.15) is 0 Å². The van der Waals surface area contributed by atoms with E-state index in [1.54, 1.807) is 7.11 Å². The van der Waals surface area contributed by atoms with Crippen LogP contribution in [0.4, 0.5) is 5.69 Å². The van der Waals surface area contributed by atoms with Gasteiger partial charge in [0.2, 0.25) is 5.91 Å². The zero-order valence-electron chi connectivity index (χ0n) is 13.3. The number of amides is 1. The number of rotatable bonds is 7. The fourth-order valence-corrected chi connectivity index (χ4v) is 2.75. The van der Waals surface area contributed by atoms with Gasteiger partial charge in [0.25, 0.3) is 0 Å². The number of carbonyl (C=O) groups is 1. The molecule has 1 aliphatic heterocycles. The Bertz CT molecular complexity index is 471. The Labute approximate surface area is 132 Å². The smallest absolute Gasteiger partial charge is 0.226 e. The molecule has 1 heterocycles. The molecule has 1 amide bonds. The molecule has 122 valence electrons. The van der Waals surface area contributed by atoms with E-state index in [1.165, 1.54) is 5.56 Å². The number of hydrogen-bond acceptors (Lipinski definition) is 4. The molecule has 5 nitrogen and oxygen atoms in total. The summed E-state index contributed by atoms with van der Waals surface area (Å²) in [6.45, 7) is 3.67. The van der Waals surface area contributed by atoms with E-state index in [0.29, 0.717) is 25.6 Å². The van der Waals surface area contributed by atoms with Gasteiger partial charge in [0.05, 0.1) is 13.0 Å². The van der Waals surface area contributed by atoms with E-state index >= 15 is 0 Å². The first-order valence-electron chi connectivity index (χ1n) is 7.92. The highest BCUT2D eigenvalue weighted by Gasteiger charge is 2.18. The van der Waals surface area contributed by atoms with Crippen LogP contribution in [-0.4, -0.2) is 49.3 Å². The summed E-state index contributed by atoms with van der Waals surface area (Å²) in [5.74, 6) is 0.436. The third-order valence-corrected chi connectivity index (χ3v) is 4.12. The van der Waals surface area contributed by atoms with Crippen molar-refractivity contribution in [2.45, 2.75) is 25.8 Å². The maximum absolute atomic E-state index is 11.7. The van der Waals surface area contributed by atoms with E-state index < -0.39 is 0 Å². The first-order chi connectivity index (χ1) is 10.7. The molecule has 5 heteroatoms. The number of hydrogen-bond donors (Lipinski definition) is 2. The molecule has 0 aromatic heterocycles. The molecule has 2 rings (SSSR count). The number of aliphatic hydroxyl groups excluding tert-OH is 1. The third-order valence-electron chi connectivity index (χ3n) is 4.12. The van der Waals surface area contributed by atoms with Crippen molar-refractivity contribution < 1.29 is 14.6 Å². The molecular formula is C17H26N2O3. The Morgan fingerprint density at radius 1 is 1.41 bits per heavy atom. The quantitative estimate of drug-likeness (QED) is 0.807. The van der Waals surface area contributed by atoms with Crippen LogP contribution in [0.25, 0.3) is 0 Å². The Morgan fingerprint density at radius 3 is 2.86 bits per heavy atom. The molecule has 0 aliphatic carbocycles. The second-order valence-corrected chi connectivity index (χ2v) is 5.89. The molecule has 0 atom stereocenters. The molecule has 1 aromatic carbocycles. The Morgan fingerprint density at radius 2 is 2.18 bits per heavy atom. The lowest BCUT2D eigenvalue weighted by atomic mass is 9.97. The number of aliphatic hydroxyl groups is 1. The highest BCUT2D eigenvalue weighted by molar-refractivity contribution is 5.90. The number of ether oxygens (including phenoxy) is 1. The number of anilines is 1. The summed E-state index contributed by atoms with van der Waals surface area (Å²) in [4.78, 5) is 14.1. The number of benzene rings is 1. The number of likely N-dealkylation sites (tertiary alicyclic amines) is 1. The van der Waals surface area contributed by atoms with Gasteiger partial charge in [-0.15, -0.1) is 0 Å². The van der Waals surface area contributed by atoms with Gasteiger partial charge in [-0.3, -0.25) is 9.69 Å². The van der Waals surface area contributed by atoms with Crippen LogP contribution in [0.1, 0.15) is 24.8 Å². The average Bonchev–Trinajstić information content (AvgIpc) is 2.54. The Kier molecular flexibility index (Phi) is 6.83. The number of nitrogens with one attached hydrogen (secondary N) is 1. The van der Waals surface area contributed by atoms with Gasteiger partial charge < -0.3 is 15.2 Å². The lowest BCUT2D eigenvalue weighted by molar-refractivity contribution is -0.117. The maximum atomic E-state index is 11.7. The molecule has 0 bridgehead atoms. The summed E-state index contributed by atoms with van der Waals surface area (Å²) >= 11 is 0. The van der Waals surface area contributed by atoms with Crippen molar-refractivity contribution in [3.05, 3.63) is 29.8 Å². The van der Waals surface area contributed by atoms with E-state index in [-0.39, 0.29) is 5.91 Å². The third kappa shape index (κ3) is 5.40. The van der Waals surface area contributed by atoms with E-state index in [2.05, 4.69) is 16.3 Å². The van der Waals surface area contributed by atoms with Crippen molar-refractivity contribution >= 4 is 11.6 Å². The van der Waals surface area contributed by atoms with Crippen molar-refractivity contribution in [3.63, 3.8) is 0 Å². The van der Waals surface area contributed by atoms with Crippen LogP contribution in [0, 0.1) is 5.92 Å². The van der Waals surface area contributed by atoms with Crippen LogP contribution in [-0.2, 0) is 16.1 Å². The fourth-order valence-electron chi connectivity index (χ4n) is 2.75. The van der Waals surface area contributed by atoms with Gasteiger partial charge in [0, 0.05) is 25.9 Å². The largest absolute Gasteiger partial charge is 0.396 e. The summed E-state index contributed by atoms with van der Waals surface area (Å²) < 4.78 is 4.91. The summed E-state index contributed by atoms with van der Waals surface area (Å²) in [5.41, 5.74) is 2.04. The van der Waals surface area contributed by atoms with E-state index in [4.69, 9.17) is 4.74 Å². The molecule has 0 unspecified atom stereocenters. The first-order valence-corrected chi connectivity index (χ1v) is 7.92. The molecule has 0 spiro atoms.